The van der Waals surface area contributed by atoms with E-state index in [4.69, 9.17) is 21.1 Å². The van der Waals surface area contributed by atoms with Gasteiger partial charge in [-0.25, -0.2) is 0 Å². The highest BCUT2D eigenvalue weighted by Crippen LogP contribution is 2.50. The first-order valence-electron chi connectivity index (χ1n) is 42.6. The summed E-state index contributed by atoms with van der Waals surface area (Å²) in [5, 5.41) is 51.5. The van der Waals surface area contributed by atoms with E-state index in [0.717, 1.165) is 44.6 Å². The average molecular weight is 1890 g/mol. The third-order valence-corrected chi connectivity index (χ3v) is 29.9. The number of thiophene rings is 4. The van der Waals surface area contributed by atoms with E-state index in [9.17, 15) is 15.0 Å². The average Bonchev–Trinajstić information content (AvgIpc) is 1.60. The smallest absolute Gasteiger partial charge is 0.247 e. The molecule has 0 unspecified atom stereocenters. The number of fused-ring (bicyclic) bond motifs is 28. The molecular formula is C119H88ClIO5S4. The molecule has 24 aromatic rings. The van der Waals surface area contributed by atoms with Crippen molar-refractivity contribution in [3.8, 4) is 23.0 Å². The summed E-state index contributed by atoms with van der Waals surface area (Å²) in [5.41, 5.74) is 8.30. The zero-order valence-corrected chi connectivity index (χ0v) is 77.0. The molecule has 0 amide bonds. The number of allylic oxidation sites excluding steroid dienone is 1. The number of para-hydroxylation sites is 4. The monoisotopic (exact) mass is 1890 g/mol. The molecule has 0 saturated heterocycles. The number of halogens is 2. The Morgan fingerprint density at radius 1 is 0.323 bits per heavy atom. The molecule has 632 valence electrons. The highest BCUT2D eigenvalue weighted by atomic mass is 127. The van der Waals surface area contributed by atoms with Gasteiger partial charge in [0, 0.05) is 97.4 Å². The lowest BCUT2D eigenvalue weighted by Gasteiger charge is -2.09. The molecule has 0 aliphatic carbocycles. The quantitative estimate of drug-likeness (QED) is 0.0584. The number of phenolic OH excluding ortho intramolecular Hbond substituents is 2. The van der Waals surface area contributed by atoms with Crippen LogP contribution >= 0.6 is 79.5 Å². The Morgan fingerprint density at radius 2 is 0.608 bits per heavy atom. The van der Waals surface area contributed by atoms with Gasteiger partial charge < -0.3 is 19.7 Å². The van der Waals surface area contributed by atoms with E-state index in [-0.39, 0.29) is 7.43 Å². The number of aromatic hydroxyl groups is 2. The van der Waals surface area contributed by atoms with Crippen molar-refractivity contribution in [2.45, 2.75) is 27.2 Å². The summed E-state index contributed by atoms with van der Waals surface area (Å²) in [7, 11) is 3.40. The molecule has 4 heterocycles. The number of ether oxygens (including phenoxy) is 2. The lowest BCUT2D eigenvalue weighted by molar-refractivity contribution is -0.108. The number of hydrogen-bond acceptors (Lipinski definition) is 9. The molecule has 130 heavy (non-hydrogen) atoms. The van der Waals surface area contributed by atoms with Crippen molar-refractivity contribution in [2.24, 2.45) is 0 Å². The van der Waals surface area contributed by atoms with Crippen molar-refractivity contribution in [1.29, 1.82) is 0 Å². The molecule has 2 N–H and O–H groups in total. The number of carbonyl (C=O) groups is 1. The van der Waals surface area contributed by atoms with E-state index >= 15 is 0 Å². The van der Waals surface area contributed by atoms with E-state index in [1.165, 1.54) is 189 Å². The van der Waals surface area contributed by atoms with Gasteiger partial charge in [-0.05, 0) is 247 Å². The van der Waals surface area contributed by atoms with Crippen LogP contribution in [-0.2, 0) is 17.6 Å². The minimum absolute atomic E-state index is 0. The maximum absolute atomic E-state index is 10.2. The maximum atomic E-state index is 10.2. The summed E-state index contributed by atoms with van der Waals surface area (Å²) < 4.78 is 22.4. The maximum Gasteiger partial charge on any atom is 0.247 e. The SMILES string of the molecule is C.C=C(C)C(=O)Cl.C=Cc1cc2ccccc2c2c1sc1ccc3ccccc3c12.COc1ccccc1/C=C/c1cc2ccccc2c2c1sc1ccc3ccccc3c12.COc1ccccc1I.Oc1ccccc1/C=C/c1cc2ccccc2c2c1sc1ccc3ccccc3c12.Oc1ccccc1CCc1cc2ccccc2c2c1sc1ccc3ccccc3c12. The van der Waals surface area contributed by atoms with Crippen molar-refractivity contribution in [3.63, 3.8) is 0 Å². The van der Waals surface area contributed by atoms with Gasteiger partial charge >= 0.3 is 0 Å². The number of benzene rings is 20. The van der Waals surface area contributed by atoms with E-state index < -0.39 is 5.24 Å². The van der Waals surface area contributed by atoms with Gasteiger partial charge in [0.05, 0.1) is 17.8 Å². The van der Waals surface area contributed by atoms with Crippen LogP contribution in [0, 0.1) is 3.57 Å². The fourth-order valence-corrected chi connectivity index (χ4v) is 23.3. The molecule has 0 atom stereocenters. The van der Waals surface area contributed by atoms with E-state index in [0.29, 0.717) is 17.1 Å². The van der Waals surface area contributed by atoms with Gasteiger partial charge in [0.15, 0.2) is 0 Å². The molecule has 0 aliphatic heterocycles. The molecule has 0 radical (unpaired) electrons. The summed E-state index contributed by atoms with van der Waals surface area (Å²) in [6, 6.07) is 128. The molecule has 0 fully saturated rings. The van der Waals surface area contributed by atoms with Crippen molar-refractivity contribution in [1.82, 2.24) is 0 Å². The first-order valence-corrected chi connectivity index (χ1v) is 47.3. The number of phenols is 2. The number of rotatable bonds is 11. The Labute approximate surface area is 789 Å². The topological polar surface area (TPSA) is 76.0 Å². The summed E-state index contributed by atoms with van der Waals surface area (Å²) in [4.78, 5) is 9.81. The van der Waals surface area contributed by atoms with Crippen LogP contribution in [0.3, 0.4) is 0 Å². The Hall–Kier alpha value is -13.8. The molecule has 0 aliphatic rings. The van der Waals surface area contributed by atoms with Crippen LogP contribution in [0.4, 0.5) is 0 Å². The fraction of sp³-hybridized carbons (Fsp3) is 0.0504. The first kappa shape index (κ1) is 86.9. The van der Waals surface area contributed by atoms with Crippen molar-refractivity contribution >= 4 is 282 Å². The minimum atomic E-state index is -0.463. The molecule has 0 bridgehead atoms. The van der Waals surface area contributed by atoms with Gasteiger partial charge in [-0.15, -0.1) is 45.3 Å². The summed E-state index contributed by atoms with van der Waals surface area (Å²) in [6.07, 6.45) is 12.2. The molecule has 0 spiro atoms. The Balaban J connectivity index is 0.000000111. The van der Waals surface area contributed by atoms with Crippen LogP contribution in [0.25, 0.3) is 197 Å². The molecule has 11 heteroatoms. The minimum Gasteiger partial charge on any atom is -0.508 e. The number of carbonyl (C=O) groups excluding carboxylic acids is 1. The Bertz CT molecular complexity index is 8570. The second-order valence-electron chi connectivity index (χ2n) is 31.7. The molecule has 5 nitrogen and oxygen atoms in total. The third-order valence-electron chi connectivity index (χ3n) is 23.8. The van der Waals surface area contributed by atoms with Crippen molar-refractivity contribution < 1.29 is 24.5 Å². The Morgan fingerprint density at radius 3 is 0.985 bits per heavy atom. The van der Waals surface area contributed by atoms with Crippen LogP contribution in [0.1, 0.15) is 53.3 Å². The van der Waals surface area contributed by atoms with Crippen LogP contribution < -0.4 is 9.47 Å². The lowest BCUT2D eigenvalue weighted by atomic mass is 9.95. The van der Waals surface area contributed by atoms with Gasteiger partial charge in [0.2, 0.25) is 5.24 Å². The van der Waals surface area contributed by atoms with Gasteiger partial charge in [-0.1, -0.05) is 336 Å². The molecule has 24 rings (SSSR count). The van der Waals surface area contributed by atoms with Crippen LogP contribution in [-0.4, -0.2) is 29.7 Å². The summed E-state index contributed by atoms with van der Waals surface area (Å²) in [5.74, 6) is 2.52. The predicted molar refractivity (Wildman–Crippen MR) is 580 cm³/mol. The van der Waals surface area contributed by atoms with Gasteiger partial charge in [-0.3, -0.25) is 4.79 Å². The molecule has 0 saturated carbocycles. The number of hydrogen-bond donors (Lipinski definition) is 2. The first-order chi connectivity index (χ1) is 63.3. The second-order valence-corrected chi connectivity index (χ2v) is 37.4. The van der Waals surface area contributed by atoms with Crippen molar-refractivity contribution in [3.05, 3.63) is 425 Å². The van der Waals surface area contributed by atoms with Crippen LogP contribution in [0.2, 0.25) is 0 Å². The lowest BCUT2D eigenvalue weighted by Crippen LogP contribution is -1.93. The van der Waals surface area contributed by atoms with Crippen LogP contribution in [0.15, 0.2) is 383 Å². The Kier molecular flexibility index (Phi) is 25.8. The number of methoxy groups -OCH3 is 2. The van der Waals surface area contributed by atoms with Crippen LogP contribution in [0.5, 0.6) is 23.0 Å². The highest BCUT2D eigenvalue weighted by molar-refractivity contribution is 14.1. The standard InChI is InChI=1S/C29H20OS.C28H20OS.C28H18OS.C22H14S.C7H7IO.C4H5ClO.CH4/c1-30-25-13-7-4-9-20(25)14-15-22-18-21-10-3-6-12-24(21)28-27-23-11-5-2-8-19(23)16-17-26(27)31-29(22)28;2*29-24-12-6-3-8-19(24)13-14-21-17-20-9-2-5-11-23(20)27-26-22-10-4-1-7-18(22)15-16-25(26)30-28(21)27;1-2-14-13-16-8-4-6-10-18(16)21-20-17-9-5-3-7-15(17)11-12-19(20)23-22(14)21;1-9-7-5-3-2-4-6(7)8;1-3(2)4(5)6;/h2-18H,1H3;1-12,15-17,29H,13-14H2;1-17,29H;2-13H,1H2;2-5H,1H3;1H2,2H3;1H4/b15-14+;;14-13+;;;;. The zero-order chi connectivity index (χ0) is 88.2. The van der Waals surface area contributed by atoms with E-state index in [2.05, 4.69) is 327 Å². The van der Waals surface area contributed by atoms with Gasteiger partial charge in [0.1, 0.15) is 23.0 Å². The molecule has 4 aromatic heterocycles. The van der Waals surface area contributed by atoms with Gasteiger partial charge in [0.25, 0.3) is 0 Å². The fourth-order valence-electron chi connectivity index (χ4n) is 17.7. The normalized spacial score (nSPS) is 11.4. The predicted octanol–water partition coefficient (Wildman–Crippen LogP) is 35.9. The second kappa shape index (κ2) is 38.6. The van der Waals surface area contributed by atoms with Gasteiger partial charge in [-0.2, -0.15) is 0 Å². The number of aryl methyl sites for hydroxylation is 2. The molecular weight excluding hydrogens is 1800 g/mol. The third kappa shape index (κ3) is 17.3. The summed E-state index contributed by atoms with van der Waals surface area (Å²) in [6.45, 7) is 8.87. The summed E-state index contributed by atoms with van der Waals surface area (Å²) >= 11 is 14.6. The highest BCUT2D eigenvalue weighted by Gasteiger charge is 2.21. The van der Waals surface area contributed by atoms with Crippen molar-refractivity contribution in [2.75, 3.05) is 14.2 Å². The zero-order valence-electron chi connectivity index (χ0n) is 70.9. The molecule has 20 aromatic carbocycles. The van der Waals surface area contributed by atoms with E-state index in [1.807, 2.05) is 136 Å². The van der Waals surface area contributed by atoms with E-state index in [1.54, 1.807) is 33.3 Å². The largest absolute Gasteiger partial charge is 0.508 e.